The predicted octanol–water partition coefficient (Wildman–Crippen LogP) is 3.76. The highest BCUT2D eigenvalue weighted by Crippen LogP contribution is 2.35. The number of sulfone groups is 1. The molecule has 0 spiro atoms. The molecule has 1 aromatic carbocycles. The number of aliphatic imine (C=N–C) groups is 1. The number of benzene rings is 1. The Labute approximate surface area is 177 Å². The Balaban J connectivity index is 1.66. The molecule has 0 radical (unpaired) electrons. The third kappa shape index (κ3) is 4.34. The van der Waals surface area contributed by atoms with Crippen molar-refractivity contribution in [1.29, 1.82) is 0 Å². The van der Waals surface area contributed by atoms with Crippen LogP contribution in [0.4, 0.5) is 19.0 Å². The van der Waals surface area contributed by atoms with E-state index in [0.717, 1.165) is 12.1 Å². The van der Waals surface area contributed by atoms with Gasteiger partial charge in [-0.2, -0.15) is 13.2 Å². The molecule has 1 aliphatic heterocycles. The number of nitrogens with zero attached hydrogens (tertiary/aromatic N) is 2. The average Bonchev–Trinajstić information content (AvgIpc) is 3.56. The van der Waals surface area contributed by atoms with Gasteiger partial charge in [0.25, 0.3) is 0 Å². The fraction of sp³-hybridized carbons (Fsp3) is 0.381. The number of hydrogen-bond donors (Lipinski definition) is 1. The molecule has 1 atom stereocenters. The van der Waals surface area contributed by atoms with Gasteiger partial charge in [-0.3, -0.25) is 9.79 Å². The van der Waals surface area contributed by atoms with E-state index >= 15 is 0 Å². The molecule has 1 N–H and O–H groups in total. The molecule has 164 valence electrons. The number of pyridine rings is 1. The van der Waals surface area contributed by atoms with Crippen molar-refractivity contribution >= 4 is 27.7 Å². The quantitative estimate of drug-likeness (QED) is 0.723. The van der Waals surface area contributed by atoms with Crippen LogP contribution >= 0.6 is 0 Å². The van der Waals surface area contributed by atoms with Crippen LogP contribution in [0, 0.1) is 0 Å². The molecule has 1 unspecified atom stereocenters. The highest BCUT2D eigenvalue weighted by molar-refractivity contribution is 7.92. The fourth-order valence-electron chi connectivity index (χ4n) is 3.48. The predicted molar refractivity (Wildman–Crippen MR) is 111 cm³/mol. The second-order valence-electron chi connectivity index (χ2n) is 7.70. The molecule has 1 fully saturated rings. The van der Waals surface area contributed by atoms with Crippen LogP contribution in [-0.4, -0.2) is 49.0 Å². The third-order valence-corrected chi connectivity index (χ3v) is 7.67. The van der Waals surface area contributed by atoms with Crippen molar-refractivity contribution in [3.8, 4) is 11.1 Å². The highest BCUT2D eigenvalue weighted by Gasteiger charge is 2.35. The van der Waals surface area contributed by atoms with E-state index in [9.17, 15) is 26.4 Å². The van der Waals surface area contributed by atoms with Gasteiger partial charge < -0.3 is 5.32 Å². The van der Waals surface area contributed by atoms with Gasteiger partial charge in [0, 0.05) is 30.1 Å². The molecule has 1 aliphatic carbocycles. The summed E-state index contributed by atoms with van der Waals surface area (Å²) in [6.07, 6.45) is -0.108. The topological polar surface area (TPSA) is 88.5 Å². The number of carbonyl (C=O) groups excluding carboxylic acids is 1. The van der Waals surface area contributed by atoms with Crippen LogP contribution in [0.2, 0.25) is 0 Å². The number of fused-ring (bicyclic) bond motifs is 1. The summed E-state index contributed by atoms with van der Waals surface area (Å²) in [5.74, 6) is -0.0990. The van der Waals surface area contributed by atoms with Gasteiger partial charge in [0.15, 0.2) is 15.6 Å². The Morgan fingerprint density at radius 2 is 1.84 bits per heavy atom. The lowest BCUT2D eigenvalue weighted by molar-refractivity contribution is -0.137. The minimum atomic E-state index is -4.45. The third-order valence-electron chi connectivity index (χ3n) is 5.41. The number of carbonyl (C=O) groups is 1. The number of hydrogen-bond acceptors (Lipinski definition) is 6. The lowest BCUT2D eigenvalue weighted by Gasteiger charge is -2.21. The Morgan fingerprint density at radius 3 is 2.45 bits per heavy atom. The Kier molecular flexibility index (Phi) is 5.36. The van der Waals surface area contributed by atoms with Crippen LogP contribution in [0.1, 0.15) is 41.3 Å². The van der Waals surface area contributed by atoms with E-state index in [-0.39, 0.29) is 34.7 Å². The summed E-state index contributed by atoms with van der Waals surface area (Å²) < 4.78 is 62.8. The van der Waals surface area contributed by atoms with Crippen molar-refractivity contribution in [1.82, 2.24) is 4.98 Å². The summed E-state index contributed by atoms with van der Waals surface area (Å²) in [6.45, 7) is 1.74. The molecule has 10 heteroatoms. The summed E-state index contributed by atoms with van der Waals surface area (Å²) in [5.41, 5.74) is 0.887. The number of ketones is 1. The van der Waals surface area contributed by atoms with Crippen LogP contribution in [0.25, 0.3) is 11.1 Å². The minimum absolute atomic E-state index is 0.0629. The van der Waals surface area contributed by atoms with Crippen LogP contribution in [0.5, 0.6) is 0 Å². The van der Waals surface area contributed by atoms with E-state index in [1.807, 2.05) is 0 Å². The number of nitrogens with one attached hydrogen (secondary N) is 1. The van der Waals surface area contributed by atoms with Crippen molar-refractivity contribution in [3.63, 3.8) is 0 Å². The van der Waals surface area contributed by atoms with Gasteiger partial charge in [0.2, 0.25) is 0 Å². The smallest absolute Gasteiger partial charge is 0.368 e. The molecule has 2 aromatic rings. The molecule has 6 nitrogen and oxygen atoms in total. The molecule has 0 saturated heterocycles. The maximum atomic E-state index is 12.9. The number of Topliss-reactive ketones (excluding diaryl/α,β-unsaturated/α-hetero) is 1. The van der Waals surface area contributed by atoms with Crippen molar-refractivity contribution in [2.24, 2.45) is 4.99 Å². The number of alkyl halides is 3. The standard InChI is InChI=1S/C21H20F3N3O3S/c1-12-19(28)18-17(11-26-12)16(13-2-4-14(5-3-13)21(22,23)24)10-27-20(18)25-8-9-31(29,30)15-6-7-15/h2-5,10-12,15H,6-9H2,1H3,(H,25,27). The maximum absolute atomic E-state index is 12.9. The number of halogens is 3. The van der Waals surface area contributed by atoms with Gasteiger partial charge in [0.05, 0.1) is 22.1 Å². The first-order valence-corrected chi connectivity index (χ1v) is 11.5. The van der Waals surface area contributed by atoms with Gasteiger partial charge >= 0.3 is 6.18 Å². The van der Waals surface area contributed by atoms with Crippen LogP contribution in [0.3, 0.4) is 0 Å². The van der Waals surface area contributed by atoms with Gasteiger partial charge in [-0.05, 0) is 37.5 Å². The summed E-state index contributed by atoms with van der Waals surface area (Å²) in [6, 6.07) is 3.97. The van der Waals surface area contributed by atoms with E-state index in [1.165, 1.54) is 24.5 Å². The number of rotatable bonds is 6. The van der Waals surface area contributed by atoms with E-state index < -0.39 is 27.6 Å². The molecule has 4 rings (SSSR count). The van der Waals surface area contributed by atoms with E-state index in [1.54, 1.807) is 6.92 Å². The SMILES string of the molecule is CC1N=Cc2c(-c3ccc(C(F)(F)F)cc3)cnc(NCCS(=O)(=O)C3CC3)c2C1=O. The van der Waals surface area contributed by atoms with Gasteiger partial charge in [-0.15, -0.1) is 0 Å². The Morgan fingerprint density at radius 1 is 1.16 bits per heavy atom. The second-order valence-corrected chi connectivity index (χ2v) is 10.1. The molecular weight excluding hydrogens is 431 g/mol. The summed E-state index contributed by atoms with van der Waals surface area (Å²) >= 11 is 0. The normalized spacial score (nSPS) is 18.7. The summed E-state index contributed by atoms with van der Waals surface area (Å²) in [5, 5.41) is 2.68. The first kappa shape index (κ1) is 21.5. The van der Waals surface area contributed by atoms with E-state index in [4.69, 9.17) is 0 Å². The Hall–Kier alpha value is -2.75. The minimum Gasteiger partial charge on any atom is -0.368 e. The molecule has 2 aliphatic rings. The molecule has 31 heavy (non-hydrogen) atoms. The van der Waals surface area contributed by atoms with E-state index in [0.29, 0.717) is 29.5 Å². The maximum Gasteiger partial charge on any atom is 0.416 e. The molecule has 0 bridgehead atoms. The van der Waals surface area contributed by atoms with Gasteiger partial charge in [0.1, 0.15) is 11.9 Å². The highest BCUT2D eigenvalue weighted by atomic mass is 32.2. The molecule has 0 amide bonds. The summed E-state index contributed by atoms with van der Waals surface area (Å²) in [7, 11) is -3.16. The number of aromatic nitrogens is 1. The van der Waals surface area contributed by atoms with Crippen molar-refractivity contribution in [2.75, 3.05) is 17.6 Å². The molecular formula is C21H20F3N3O3S. The largest absolute Gasteiger partial charge is 0.416 e. The average molecular weight is 451 g/mol. The first-order valence-electron chi connectivity index (χ1n) is 9.81. The van der Waals surface area contributed by atoms with Gasteiger partial charge in [-0.25, -0.2) is 13.4 Å². The first-order chi connectivity index (χ1) is 14.6. The zero-order valence-corrected chi connectivity index (χ0v) is 17.4. The van der Waals surface area contributed by atoms with Gasteiger partial charge in [-0.1, -0.05) is 12.1 Å². The van der Waals surface area contributed by atoms with Crippen molar-refractivity contribution < 1.29 is 26.4 Å². The fourth-order valence-corrected chi connectivity index (χ4v) is 5.05. The van der Waals surface area contributed by atoms with E-state index in [2.05, 4.69) is 15.3 Å². The lowest BCUT2D eigenvalue weighted by Crippen LogP contribution is -2.26. The zero-order chi connectivity index (χ0) is 22.4. The van der Waals surface area contributed by atoms with Crippen molar-refractivity contribution in [3.05, 3.63) is 47.2 Å². The molecule has 1 saturated carbocycles. The second kappa shape index (κ2) is 7.74. The van der Waals surface area contributed by atoms with Crippen LogP contribution < -0.4 is 5.32 Å². The van der Waals surface area contributed by atoms with Crippen molar-refractivity contribution in [2.45, 2.75) is 37.2 Å². The lowest BCUT2D eigenvalue weighted by atomic mass is 9.91. The zero-order valence-electron chi connectivity index (χ0n) is 16.6. The monoisotopic (exact) mass is 451 g/mol. The Bertz CT molecular complexity index is 1150. The summed E-state index contributed by atoms with van der Waals surface area (Å²) in [4.78, 5) is 21.3. The number of anilines is 1. The molecule has 1 aromatic heterocycles. The van der Waals surface area contributed by atoms with Crippen LogP contribution in [-0.2, 0) is 16.0 Å². The molecule has 2 heterocycles. The van der Waals surface area contributed by atoms with Crippen LogP contribution in [0.15, 0.2) is 35.5 Å².